The van der Waals surface area contributed by atoms with E-state index in [2.05, 4.69) is 57.9 Å². The average Bonchev–Trinajstić information content (AvgIpc) is 2.57. The van der Waals surface area contributed by atoms with Crippen LogP contribution in [-0.4, -0.2) is 62.2 Å². The van der Waals surface area contributed by atoms with E-state index in [0.29, 0.717) is 0 Å². The molecule has 1 aromatic carbocycles. The van der Waals surface area contributed by atoms with Crippen molar-refractivity contribution in [3.8, 4) is 11.8 Å². The molecule has 2 saturated heterocycles. The smallest absolute Gasteiger partial charge is 0.0367 e. The number of rotatable bonds is 2. The van der Waals surface area contributed by atoms with Crippen LogP contribution in [0.3, 0.4) is 0 Å². The average molecular weight is 297 g/mol. The Labute approximate surface area is 134 Å². The monoisotopic (exact) mass is 297 g/mol. The highest BCUT2D eigenvalue weighted by atomic mass is 15.3. The van der Waals surface area contributed by atoms with Crippen LogP contribution in [0, 0.1) is 11.8 Å². The van der Waals surface area contributed by atoms with Crippen LogP contribution < -0.4 is 4.90 Å². The van der Waals surface area contributed by atoms with E-state index in [9.17, 15) is 0 Å². The zero-order valence-electron chi connectivity index (χ0n) is 13.9. The molecule has 0 radical (unpaired) electrons. The van der Waals surface area contributed by atoms with Crippen LogP contribution >= 0.6 is 0 Å². The number of likely N-dealkylation sites (N-methyl/N-ethyl adjacent to an activating group) is 1. The van der Waals surface area contributed by atoms with Gasteiger partial charge in [-0.1, -0.05) is 5.92 Å². The second kappa shape index (κ2) is 7.17. The minimum atomic E-state index is 0.787. The van der Waals surface area contributed by atoms with Gasteiger partial charge in [-0.15, -0.1) is 5.92 Å². The van der Waals surface area contributed by atoms with E-state index in [4.69, 9.17) is 0 Å². The summed E-state index contributed by atoms with van der Waals surface area (Å²) in [6, 6.07) is 9.50. The third-order valence-corrected chi connectivity index (χ3v) is 5.02. The maximum atomic E-state index is 3.11. The van der Waals surface area contributed by atoms with Gasteiger partial charge < -0.3 is 9.80 Å². The van der Waals surface area contributed by atoms with Crippen molar-refractivity contribution in [2.45, 2.75) is 25.8 Å². The molecule has 2 aliphatic heterocycles. The summed E-state index contributed by atoms with van der Waals surface area (Å²) in [5, 5.41) is 0. The van der Waals surface area contributed by atoms with Gasteiger partial charge >= 0.3 is 0 Å². The number of anilines is 1. The highest BCUT2D eigenvalue weighted by molar-refractivity contribution is 5.50. The molecule has 2 fully saturated rings. The van der Waals surface area contributed by atoms with Crippen molar-refractivity contribution in [3.63, 3.8) is 0 Å². The first-order valence-corrected chi connectivity index (χ1v) is 8.46. The third-order valence-electron chi connectivity index (χ3n) is 5.02. The maximum absolute atomic E-state index is 3.11. The molecule has 0 spiro atoms. The van der Waals surface area contributed by atoms with Gasteiger partial charge in [0.2, 0.25) is 0 Å². The van der Waals surface area contributed by atoms with Crippen LogP contribution in [0.25, 0.3) is 0 Å². The molecule has 0 unspecified atom stereocenters. The minimum Gasteiger partial charge on any atom is -0.371 e. The molecule has 0 aromatic heterocycles. The Balaban J connectivity index is 1.53. The van der Waals surface area contributed by atoms with Gasteiger partial charge in [0.15, 0.2) is 0 Å². The summed E-state index contributed by atoms with van der Waals surface area (Å²) in [5.41, 5.74) is 2.46. The van der Waals surface area contributed by atoms with Crippen molar-refractivity contribution >= 4 is 5.69 Å². The molecule has 0 aliphatic carbocycles. The fraction of sp³-hybridized carbons (Fsp3) is 0.579. The van der Waals surface area contributed by atoms with Crippen LogP contribution in [0.1, 0.15) is 25.3 Å². The van der Waals surface area contributed by atoms with E-state index < -0.39 is 0 Å². The number of nitrogens with zero attached hydrogens (tertiary/aromatic N) is 3. The standard InChI is InChI=1S/C19H27N3/c1-3-4-17-5-7-18(8-6-17)21-11-9-19(10-12-21)22-15-13-20(2)14-16-22/h5-8,19H,9-16H2,1-2H3. The number of hydrogen-bond acceptors (Lipinski definition) is 3. The molecule has 3 heteroatoms. The lowest BCUT2D eigenvalue weighted by Gasteiger charge is -2.42. The lowest BCUT2D eigenvalue weighted by atomic mass is 10.0. The largest absolute Gasteiger partial charge is 0.371 e. The van der Waals surface area contributed by atoms with Crippen LogP contribution in [-0.2, 0) is 0 Å². The second-order valence-corrected chi connectivity index (χ2v) is 6.48. The molecule has 0 bridgehead atoms. The van der Waals surface area contributed by atoms with Crippen molar-refractivity contribution in [3.05, 3.63) is 29.8 Å². The highest BCUT2D eigenvalue weighted by Gasteiger charge is 2.26. The zero-order chi connectivity index (χ0) is 15.4. The van der Waals surface area contributed by atoms with Crippen molar-refractivity contribution in [1.29, 1.82) is 0 Å². The summed E-state index contributed by atoms with van der Waals surface area (Å²) < 4.78 is 0. The Bertz CT molecular complexity index is 524. The molecule has 0 saturated carbocycles. The molecule has 2 aliphatic rings. The number of benzene rings is 1. The summed E-state index contributed by atoms with van der Waals surface area (Å²) in [5.74, 6) is 6.07. The summed E-state index contributed by atoms with van der Waals surface area (Å²) in [6.07, 6.45) is 2.58. The third kappa shape index (κ3) is 3.63. The van der Waals surface area contributed by atoms with E-state index in [1.807, 2.05) is 6.92 Å². The Kier molecular flexibility index (Phi) is 5.02. The molecular formula is C19H27N3. The molecule has 3 nitrogen and oxygen atoms in total. The summed E-state index contributed by atoms with van der Waals surface area (Å²) in [6.45, 7) is 9.17. The predicted octanol–water partition coefficient (Wildman–Crippen LogP) is 2.27. The van der Waals surface area contributed by atoms with Crippen molar-refractivity contribution in [1.82, 2.24) is 9.80 Å². The summed E-state index contributed by atoms with van der Waals surface area (Å²) >= 11 is 0. The lowest BCUT2D eigenvalue weighted by Crippen LogP contribution is -2.52. The van der Waals surface area contributed by atoms with Crippen LogP contribution in [0.2, 0.25) is 0 Å². The normalized spacial score (nSPS) is 21.5. The van der Waals surface area contributed by atoms with E-state index in [0.717, 1.165) is 11.6 Å². The van der Waals surface area contributed by atoms with Gasteiger partial charge in [0.05, 0.1) is 0 Å². The van der Waals surface area contributed by atoms with Gasteiger partial charge in [0.25, 0.3) is 0 Å². The second-order valence-electron chi connectivity index (χ2n) is 6.48. The van der Waals surface area contributed by atoms with Crippen molar-refractivity contribution in [2.24, 2.45) is 0 Å². The summed E-state index contributed by atoms with van der Waals surface area (Å²) in [7, 11) is 2.23. The Hall–Kier alpha value is -1.50. The molecule has 118 valence electrons. The van der Waals surface area contributed by atoms with Gasteiger partial charge in [-0.25, -0.2) is 0 Å². The highest BCUT2D eigenvalue weighted by Crippen LogP contribution is 2.23. The van der Waals surface area contributed by atoms with Crippen LogP contribution in [0.5, 0.6) is 0 Å². The van der Waals surface area contributed by atoms with Gasteiger partial charge in [-0.05, 0) is 51.1 Å². The molecule has 1 aromatic rings. The van der Waals surface area contributed by atoms with E-state index >= 15 is 0 Å². The van der Waals surface area contributed by atoms with Gasteiger partial charge in [0, 0.05) is 56.6 Å². The van der Waals surface area contributed by atoms with E-state index in [1.165, 1.54) is 57.8 Å². The summed E-state index contributed by atoms with van der Waals surface area (Å²) in [4.78, 5) is 7.67. The number of piperidine rings is 1. The van der Waals surface area contributed by atoms with E-state index in [1.54, 1.807) is 0 Å². The Morgan fingerprint density at radius 3 is 2.14 bits per heavy atom. The molecule has 22 heavy (non-hydrogen) atoms. The molecule has 3 rings (SSSR count). The molecule has 2 heterocycles. The molecular weight excluding hydrogens is 270 g/mol. The first-order chi connectivity index (χ1) is 10.8. The SMILES string of the molecule is CC#Cc1ccc(N2CCC(N3CCN(C)CC3)CC2)cc1. The van der Waals surface area contributed by atoms with Crippen molar-refractivity contribution < 1.29 is 0 Å². The minimum absolute atomic E-state index is 0.787. The van der Waals surface area contributed by atoms with Gasteiger partial charge in [-0.2, -0.15) is 0 Å². The molecule has 0 atom stereocenters. The number of piperazine rings is 1. The molecule has 0 amide bonds. The maximum Gasteiger partial charge on any atom is 0.0367 e. The Morgan fingerprint density at radius 2 is 1.55 bits per heavy atom. The Morgan fingerprint density at radius 1 is 0.909 bits per heavy atom. The first kappa shape index (κ1) is 15.4. The zero-order valence-corrected chi connectivity index (χ0v) is 13.9. The predicted molar refractivity (Wildman–Crippen MR) is 93.3 cm³/mol. The van der Waals surface area contributed by atoms with Crippen LogP contribution in [0.15, 0.2) is 24.3 Å². The van der Waals surface area contributed by atoms with Gasteiger partial charge in [-0.3, -0.25) is 4.90 Å². The molecule has 0 N–H and O–H groups in total. The van der Waals surface area contributed by atoms with Crippen LogP contribution in [0.4, 0.5) is 5.69 Å². The number of hydrogen-bond donors (Lipinski definition) is 0. The fourth-order valence-corrected chi connectivity index (χ4v) is 3.58. The van der Waals surface area contributed by atoms with E-state index in [-0.39, 0.29) is 0 Å². The quantitative estimate of drug-likeness (QED) is 0.776. The first-order valence-electron chi connectivity index (χ1n) is 8.46. The van der Waals surface area contributed by atoms with Crippen molar-refractivity contribution in [2.75, 3.05) is 51.2 Å². The topological polar surface area (TPSA) is 9.72 Å². The fourth-order valence-electron chi connectivity index (χ4n) is 3.58. The van der Waals surface area contributed by atoms with Gasteiger partial charge in [0.1, 0.15) is 0 Å². The lowest BCUT2D eigenvalue weighted by molar-refractivity contribution is 0.0982.